The highest BCUT2D eigenvalue weighted by Crippen LogP contribution is 2.24. The van der Waals surface area contributed by atoms with Gasteiger partial charge in [-0.15, -0.1) is 0 Å². The molecule has 3 heteroatoms. The summed E-state index contributed by atoms with van der Waals surface area (Å²) in [7, 11) is 0. The van der Waals surface area contributed by atoms with Crippen molar-refractivity contribution in [3.05, 3.63) is 65.7 Å². The van der Waals surface area contributed by atoms with E-state index in [2.05, 4.69) is 13.8 Å². The molecule has 23 heavy (non-hydrogen) atoms. The van der Waals surface area contributed by atoms with Crippen molar-refractivity contribution < 1.29 is 14.3 Å². The molecule has 122 valence electrons. The standard InChI is InChI=1S/C20H24O3/c1-3-8-16-12-14-18(15-13-16)22-20(21)23-19(9-4-2)17-10-6-5-7-11-17/h5-7,10-15,19H,3-4,8-9H2,1-2H3. The molecule has 0 heterocycles. The average Bonchev–Trinajstić information content (AvgIpc) is 2.57. The molecule has 0 aliphatic carbocycles. The monoisotopic (exact) mass is 312 g/mol. The lowest BCUT2D eigenvalue weighted by atomic mass is 10.1. The molecule has 0 amide bonds. The Kier molecular flexibility index (Phi) is 6.67. The van der Waals surface area contributed by atoms with Gasteiger partial charge in [-0.3, -0.25) is 0 Å². The van der Waals surface area contributed by atoms with Gasteiger partial charge in [0.05, 0.1) is 0 Å². The molecule has 0 aliphatic heterocycles. The van der Waals surface area contributed by atoms with Crippen LogP contribution in [0.15, 0.2) is 54.6 Å². The van der Waals surface area contributed by atoms with Crippen molar-refractivity contribution in [3.8, 4) is 5.75 Å². The topological polar surface area (TPSA) is 35.5 Å². The maximum Gasteiger partial charge on any atom is 0.514 e. The van der Waals surface area contributed by atoms with Crippen molar-refractivity contribution in [2.24, 2.45) is 0 Å². The Morgan fingerprint density at radius 2 is 1.65 bits per heavy atom. The molecule has 0 spiro atoms. The molecule has 1 atom stereocenters. The zero-order valence-corrected chi connectivity index (χ0v) is 13.8. The van der Waals surface area contributed by atoms with E-state index in [0.717, 1.165) is 31.2 Å². The van der Waals surface area contributed by atoms with Gasteiger partial charge in [0.2, 0.25) is 0 Å². The van der Waals surface area contributed by atoms with Crippen LogP contribution in [0.5, 0.6) is 5.75 Å². The normalized spacial score (nSPS) is 11.7. The highest BCUT2D eigenvalue weighted by atomic mass is 16.7. The van der Waals surface area contributed by atoms with Crippen LogP contribution in [-0.2, 0) is 11.2 Å². The second-order valence-corrected chi connectivity index (χ2v) is 5.55. The second-order valence-electron chi connectivity index (χ2n) is 5.55. The van der Waals surface area contributed by atoms with Crippen LogP contribution in [-0.4, -0.2) is 6.16 Å². The van der Waals surface area contributed by atoms with Gasteiger partial charge in [-0.25, -0.2) is 4.79 Å². The Morgan fingerprint density at radius 1 is 0.957 bits per heavy atom. The minimum absolute atomic E-state index is 0.270. The van der Waals surface area contributed by atoms with E-state index >= 15 is 0 Å². The van der Waals surface area contributed by atoms with Crippen molar-refractivity contribution in [2.75, 3.05) is 0 Å². The van der Waals surface area contributed by atoms with Gasteiger partial charge in [0.1, 0.15) is 11.9 Å². The third kappa shape index (κ3) is 5.44. The Labute approximate surface area is 138 Å². The van der Waals surface area contributed by atoms with E-state index in [9.17, 15) is 4.79 Å². The maximum atomic E-state index is 12.0. The van der Waals surface area contributed by atoms with Crippen molar-refractivity contribution in [1.82, 2.24) is 0 Å². The first-order valence-corrected chi connectivity index (χ1v) is 8.25. The number of rotatable bonds is 7. The molecule has 2 rings (SSSR count). The molecule has 3 nitrogen and oxygen atoms in total. The Morgan fingerprint density at radius 3 is 2.26 bits per heavy atom. The fourth-order valence-corrected chi connectivity index (χ4v) is 2.47. The van der Waals surface area contributed by atoms with Crippen LogP contribution in [0.4, 0.5) is 4.79 Å². The van der Waals surface area contributed by atoms with E-state index in [1.165, 1.54) is 5.56 Å². The lowest BCUT2D eigenvalue weighted by molar-refractivity contribution is 0.0537. The van der Waals surface area contributed by atoms with Crippen LogP contribution < -0.4 is 4.74 Å². The first-order chi connectivity index (χ1) is 11.2. The lowest BCUT2D eigenvalue weighted by Gasteiger charge is -2.17. The summed E-state index contributed by atoms with van der Waals surface area (Å²) in [4.78, 5) is 12.0. The van der Waals surface area contributed by atoms with E-state index in [-0.39, 0.29) is 6.10 Å². The highest BCUT2D eigenvalue weighted by Gasteiger charge is 2.17. The summed E-state index contributed by atoms with van der Waals surface area (Å²) in [6.45, 7) is 4.20. The van der Waals surface area contributed by atoms with Crippen molar-refractivity contribution >= 4 is 6.16 Å². The average molecular weight is 312 g/mol. The van der Waals surface area contributed by atoms with Gasteiger partial charge >= 0.3 is 6.16 Å². The van der Waals surface area contributed by atoms with Gasteiger partial charge < -0.3 is 9.47 Å². The molecule has 2 aromatic carbocycles. The van der Waals surface area contributed by atoms with Crippen molar-refractivity contribution in [2.45, 2.75) is 45.6 Å². The first kappa shape index (κ1) is 17.1. The minimum atomic E-state index is -0.657. The third-order valence-corrected chi connectivity index (χ3v) is 3.62. The lowest BCUT2D eigenvalue weighted by Crippen LogP contribution is -2.15. The summed E-state index contributed by atoms with van der Waals surface area (Å²) in [6.07, 6.45) is 2.89. The zero-order chi connectivity index (χ0) is 16.5. The summed E-state index contributed by atoms with van der Waals surface area (Å²) < 4.78 is 10.8. The maximum absolute atomic E-state index is 12.0. The summed E-state index contributed by atoms with van der Waals surface area (Å²) in [5.41, 5.74) is 2.23. The molecule has 2 aromatic rings. The van der Waals surface area contributed by atoms with Crippen LogP contribution in [0, 0.1) is 0 Å². The van der Waals surface area contributed by atoms with Crippen molar-refractivity contribution in [3.63, 3.8) is 0 Å². The number of aryl methyl sites for hydroxylation is 1. The fraction of sp³-hybridized carbons (Fsp3) is 0.350. The summed E-state index contributed by atoms with van der Waals surface area (Å²) >= 11 is 0. The van der Waals surface area contributed by atoms with Crippen LogP contribution in [0.2, 0.25) is 0 Å². The molecular weight excluding hydrogens is 288 g/mol. The molecule has 0 aromatic heterocycles. The Balaban J connectivity index is 1.96. The molecule has 1 unspecified atom stereocenters. The number of carbonyl (C=O) groups excluding carboxylic acids is 1. The molecular formula is C20H24O3. The van der Waals surface area contributed by atoms with Crippen LogP contribution in [0.1, 0.15) is 50.3 Å². The molecule has 0 saturated heterocycles. The molecule has 0 fully saturated rings. The highest BCUT2D eigenvalue weighted by molar-refractivity contribution is 5.64. The molecule has 0 saturated carbocycles. The Hall–Kier alpha value is -2.29. The minimum Gasteiger partial charge on any atom is -0.426 e. The summed E-state index contributed by atoms with van der Waals surface area (Å²) in [5.74, 6) is 0.512. The number of hydrogen-bond donors (Lipinski definition) is 0. The number of carbonyl (C=O) groups is 1. The van der Waals surface area contributed by atoms with Crippen LogP contribution in [0.3, 0.4) is 0 Å². The smallest absolute Gasteiger partial charge is 0.426 e. The van der Waals surface area contributed by atoms with Crippen molar-refractivity contribution in [1.29, 1.82) is 0 Å². The molecule has 0 bridgehead atoms. The van der Waals surface area contributed by atoms with E-state index in [1.807, 2.05) is 54.6 Å². The van der Waals surface area contributed by atoms with Gasteiger partial charge in [-0.05, 0) is 36.1 Å². The predicted molar refractivity (Wildman–Crippen MR) is 91.6 cm³/mol. The molecule has 0 N–H and O–H groups in total. The second kappa shape index (κ2) is 8.99. The molecule has 0 aliphatic rings. The summed E-state index contributed by atoms with van der Waals surface area (Å²) in [5, 5.41) is 0. The number of ether oxygens (including phenoxy) is 2. The van der Waals surface area contributed by atoms with Gasteiger partial charge in [0.25, 0.3) is 0 Å². The Bertz CT molecular complexity index is 590. The van der Waals surface area contributed by atoms with E-state index < -0.39 is 6.16 Å². The SMILES string of the molecule is CCCc1ccc(OC(=O)OC(CCC)c2ccccc2)cc1. The van der Waals surface area contributed by atoms with Crippen LogP contribution in [0.25, 0.3) is 0 Å². The number of benzene rings is 2. The largest absolute Gasteiger partial charge is 0.514 e. The van der Waals surface area contributed by atoms with Gasteiger partial charge in [0.15, 0.2) is 0 Å². The van der Waals surface area contributed by atoms with Gasteiger partial charge in [0, 0.05) is 0 Å². The fourth-order valence-electron chi connectivity index (χ4n) is 2.47. The van der Waals surface area contributed by atoms with Gasteiger partial charge in [-0.1, -0.05) is 69.2 Å². The first-order valence-electron chi connectivity index (χ1n) is 8.25. The van der Waals surface area contributed by atoms with E-state index in [1.54, 1.807) is 0 Å². The number of hydrogen-bond acceptors (Lipinski definition) is 3. The quantitative estimate of drug-likeness (QED) is 0.486. The van der Waals surface area contributed by atoms with E-state index in [0.29, 0.717) is 5.75 Å². The van der Waals surface area contributed by atoms with Crippen LogP contribution >= 0.6 is 0 Å². The van der Waals surface area contributed by atoms with E-state index in [4.69, 9.17) is 9.47 Å². The predicted octanol–water partition coefficient (Wildman–Crippen LogP) is 5.70. The zero-order valence-electron chi connectivity index (χ0n) is 13.8. The summed E-state index contributed by atoms with van der Waals surface area (Å²) in [6, 6.07) is 17.3. The third-order valence-electron chi connectivity index (χ3n) is 3.62. The van der Waals surface area contributed by atoms with Gasteiger partial charge in [-0.2, -0.15) is 0 Å². The molecule has 0 radical (unpaired) electrons.